The number of halogens is 1. The Labute approximate surface area is 144 Å². The van der Waals surface area contributed by atoms with Crippen molar-refractivity contribution in [3.05, 3.63) is 47.5 Å². The van der Waals surface area contributed by atoms with Crippen molar-refractivity contribution in [1.29, 1.82) is 0 Å². The van der Waals surface area contributed by atoms with Crippen LogP contribution in [0.5, 0.6) is 5.75 Å². The second-order valence-corrected chi connectivity index (χ2v) is 7.20. The monoisotopic (exact) mass is 348 g/mol. The van der Waals surface area contributed by atoms with Crippen LogP contribution in [-0.4, -0.2) is 24.9 Å². The topological polar surface area (TPSA) is 41.6 Å². The van der Waals surface area contributed by atoms with E-state index in [4.69, 9.17) is 16.3 Å². The van der Waals surface area contributed by atoms with Gasteiger partial charge >= 0.3 is 6.03 Å². The number of fused-ring (bicyclic) bond motifs is 1. The van der Waals surface area contributed by atoms with Crippen LogP contribution in [0.3, 0.4) is 0 Å². The molecule has 0 spiro atoms. The molecule has 2 aromatic rings. The predicted octanol–water partition coefficient (Wildman–Crippen LogP) is 4.88. The molecular weight excluding hydrogens is 332 g/mol. The van der Waals surface area contributed by atoms with Gasteiger partial charge in [-0.2, -0.15) is 0 Å². The molecule has 1 aliphatic heterocycles. The molecule has 0 saturated carbocycles. The van der Waals surface area contributed by atoms with Crippen LogP contribution in [0, 0.1) is 0 Å². The van der Waals surface area contributed by atoms with Gasteiger partial charge < -0.3 is 10.1 Å². The van der Waals surface area contributed by atoms with Crippen molar-refractivity contribution >= 4 is 40.8 Å². The van der Waals surface area contributed by atoms with Crippen LogP contribution in [0.25, 0.3) is 0 Å². The van der Waals surface area contributed by atoms with Gasteiger partial charge in [-0.05, 0) is 30.3 Å². The van der Waals surface area contributed by atoms with Gasteiger partial charge in [0, 0.05) is 21.7 Å². The van der Waals surface area contributed by atoms with Crippen molar-refractivity contribution in [2.45, 2.75) is 17.1 Å². The molecule has 3 rings (SSSR count). The largest absolute Gasteiger partial charge is 0.495 e. The minimum absolute atomic E-state index is 0.190. The lowest BCUT2D eigenvalue weighted by molar-refractivity contribution is 0.256. The lowest BCUT2D eigenvalue weighted by atomic mass is 10.2. The Bertz CT molecular complexity index is 738. The van der Waals surface area contributed by atoms with Crippen LogP contribution < -0.4 is 15.0 Å². The zero-order chi connectivity index (χ0) is 16.4. The fourth-order valence-electron chi connectivity index (χ4n) is 2.54. The molecule has 2 aromatic carbocycles. The van der Waals surface area contributed by atoms with Gasteiger partial charge in [-0.25, -0.2) is 4.79 Å². The first-order valence-electron chi connectivity index (χ1n) is 7.26. The summed E-state index contributed by atoms with van der Waals surface area (Å²) in [7, 11) is 1.56. The van der Waals surface area contributed by atoms with Crippen LogP contribution in [0.1, 0.15) is 6.92 Å². The first-order valence-corrected chi connectivity index (χ1v) is 8.52. The van der Waals surface area contributed by atoms with Gasteiger partial charge in [0.1, 0.15) is 5.75 Å². The summed E-state index contributed by atoms with van der Waals surface area (Å²) >= 11 is 7.81. The van der Waals surface area contributed by atoms with Crippen LogP contribution in [-0.2, 0) is 0 Å². The van der Waals surface area contributed by atoms with Crippen molar-refractivity contribution in [1.82, 2.24) is 0 Å². The number of hydrogen-bond acceptors (Lipinski definition) is 3. The molecule has 0 fully saturated rings. The summed E-state index contributed by atoms with van der Waals surface area (Å²) in [5.41, 5.74) is 1.49. The number of thioether (sulfide) groups is 1. The molecule has 1 heterocycles. The van der Waals surface area contributed by atoms with E-state index in [1.54, 1.807) is 42.0 Å². The summed E-state index contributed by atoms with van der Waals surface area (Å²) in [6.45, 7) is 2.76. The first kappa shape index (κ1) is 16.0. The predicted molar refractivity (Wildman–Crippen MR) is 96.1 cm³/mol. The summed E-state index contributed by atoms with van der Waals surface area (Å²) < 4.78 is 5.28. The molecule has 0 aromatic heterocycles. The molecule has 4 nitrogen and oxygen atoms in total. The van der Waals surface area contributed by atoms with Crippen LogP contribution in [0.15, 0.2) is 47.4 Å². The van der Waals surface area contributed by atoms with Gasteiger partial charge in [-0.3, -0.25) is 4.90 Å². The number of urea groups is 1. The van der Waals surface area contributed by atoms with Gasteiger partial charge in [0.2, 0.25) is 0 Å². The van der Waals surface area contributed by atoms with E-state index in [9.17, 15) is 4.79 Å². The summed E-state index contributed by atoms with van der Waals surface area (Å²) in [5.74, 6) is 0.579. The molecule has 0 bridgehead atoms. The molecule has 23 heavy (non-hydrogen) atoms. The van der Waals surface area contributed by atoms with Crippen LogP contribution in [0.2, 0.25) is 5.02 Å². The Kier molecular flexibility index (Phi) is 4.68. The van der Waals surface area contributed by atoms with Crippen molar-refractivity contribution < 1.29 is 9.53 Å². The van der Waals surface area contributed by atoms with Crippen LogP contribution in [0.4, 0.5) is 16.2 Å². The average molecular weight is 349 g/mol. The second-order valence-electron chi connectivity index (χ2n) is 5.28. The molecule has 0 saturated heterocycles. The van der Waals surface area contributed by atoms with Gasteiger partial charge in [0.05, 0.1) is 18.5 Å². The third-order valence-electron chi connectivity index (χ3n) is 3.57. The van der Waals surface area contributed by atoms with Gasteiger partial charge in [-0.1, -0.05) is 30.7 Å². The molecule has 0 aliphatic carbocycles. The van der Waals surface area contributed by atoms with E-state index >= 15 is 0 Å². The minimum Gasteiger partial charge on any atom is -0.495 e. The quantitative estimate of drug-likeness (QED) is 0.840. The third kappa shape index (κ3) is 3.41. The highest BCUT2D eigenvalue weighted by Gasteiger charge is 2.27. The Hall–Kier alpha value is -1.85. The number of hydrogen-bond donors (Lipinski definition) is 1. The van der Waals surface area contributed by atoms with E-state index in [-0.39, 0.29) is 6.03 Å². The van der Waals surface area contributed by atoms with Crippen molar-refractivity contribution in [3.63, 3.8) is 0 Å². The fraction of sp³-hybridized carbons (Fsp3) is 0.235. The summed E-state index contributed by atoms with van der Waals surface area (Å²) in [6, 6.07) is 12.9. The Morgan fingerprint density at radius 1 is 1.35 bits per heavy atom. The molecule has 6 heteroatoms. The number of amides is 2. The Morgan fingerprint density at radius 3 is 2.91 bits per heavy atom. The van der Waals surface area contributed by atoms with E-state index < -0.39 is 0 Å². The zero-order valence-corrected chi connectivity index (χ0v) is 14.4. The maximum Gasteiger partial charge on any atom is 0.326 e. The summed E-state index contributed by atoms with van der Waals surface area (Å²) in [6.07, 6.45) is 0. The Morgan fingerprint density at radius 2 is 2.13 bits per heavy atom. The molecule has 1 atom stereocenters. The molecule has 1 aliphatic rings. The van der Waals surface area contributed by atoms with E-state index in [0.29, 0.717) is 28.3 Å². The number of para-hydroxylation sites is 1. The molecule has 2 amide bonds. The maximum atomic E-state index is 12.8. The number of nitrogens with one attached hydrogen (secondary N) is 1. The lowest BCUT2D eigenvalue weighted by Gasteiger charge is -2.32. The number of anilines is 2. The fourth-order valence-corrected chi connectivity index (χ4v) is 3.83. The number of carbonyl (C=O) groups is 1. The summed E-state index contributed by atoms with van der Waals surface area (Å²) in [4.78, 5) is 15.6. The van der Waals surface area contributed by atoms with E-state index in [1.807, 2.05) is 24.3 Å². The highest BCUT2D eigenvalue weighted by molar-refractivity contribution is 8.00. The molecule has 0 unspecified atom stereocenters. The van der Waals surface area contributed by atoms with Crippen molar-refractivity contribution in [2.75, 3.05) is 23.9 Å². The summed E-state index contributed by atoms with van der Waals surface area (Å²) in [5, 5.41) is 3.78. The number of methoxy groups -OCH3 is 1. The van der Waals surface area contributed by atoms with Gasteiger partial charge in [0.15, 0.2) is 0 Å². The van der Waals surface area contributed by atoms with E-state index in [2.05, 4.69) is 12.2 Å². The highest BCUT2D eigenvalue weighted by atomic mass is 35.5. The normalized spacial score (nSPS) is 16.7. The number of benzene rings is 2. The first-order chi connectivity index (χ1) is 11.1. The van der Waals surface area contributed by atoms with E-state index in [1.165, 1.54) is 0 Å². The molecule has 0 radical (unpaired) electrons. The lowest BCUT2D eigenvalue weighted by Crippen LogP contribution is -2.41. The standard InChI is InChI=1S/C17H17ClN2O2S/c1-11-10-20(14-5-3-4-6-16(14)23-11)17(21)19-13-9-12(18)7-8-15(13)22-2/h3-9,11H,10H2,1-2H3,(H,19,21)/t11-/m1/s1. The number of ether oxygens (including phenoxy) is 1. The number of nitrogens with zero attached hydrogens (tertiary/aromatic N) is 1. The minimum atomic E-state index is -0.190. The average Bonchev–Trinajstić information content (AvgIpc) is 2.54. The van der Waals surface area contributed by atoms with Gasteiger partial charge in [0.25, 0.3) is 0 Å². The Balaban J connectivity index is 1.88. The molecule has 1 N–H and O–H groups in total. The third-order valence-corrected chi connectivity index (χ3v) is 4.96. The number of carbonyl (C=O) groups excluding carboxylic acids is 1. The number of rotatable bonds is 2. The SMILES string of the molecule is COc1ccc(Cl)cc1NC(=O)N1C[C@@H](C)Sc2ccccc21. The van der Waals surface area contributed by atoms with Crippen molar-refractivity contribution in [3.8, 4) is 5.75 Å². The van der Waals surface area contributed by atoms with Crippen molar-refractivity contribution in [2.24, 2.45) is 0 Å². The second kappa shape index (κ2) is 6.72. The molecular formula is C17H17ClN2O2S. The molecule has 120 valence electrons. The van der Waals surface area contributed by atoms with Crippen LogP contribution >= 0.6 is 23.4 Å². The maximum absolute atomic E-state index is 12.8. The van der Waals surface area contributed by atoms with E-state index in [0.717, 1.165) is 10.6 Å². The zero-order valence-electron chi connectivity index (χ0n) is 12.9. The smallest absolute Gasteiger partial charge is 0.326 e. The van der Waals surface area contributed by atoms with Gasteiger partial charge in [-0.15, -0.1) is 11.8 Å². The highest BCUT2D eigenvalue weighted by Crippen LogP contribution is 2.38.